The highest BCUT2D eigenvalue weighted by Crippen LogP contribution is 2.43. The molecule has 170 valence electrons. The number of piperazine rings is 1. The van der Waals surface area contributed by atoms with Gasteiger partial charge < -0.3 is 24.4 Å². The minimum atomic E-state index is -0.960. The van der Waals surface area contributed by atoms with Crippen molar-refractivity contribution in [3.8, 4) is 11.5 Å². The Labute approximate surface area is 201 Å². The highest BCUT2D eigenvalue weighted by atomic mass is 79.9. The Morgan fingerprint density at radius 3 is 2.53 bits per heavy atom. The average molecular weight is 522 g/mol. The molecule has 1 fully saturated rings. The normalized spacial score (nSPS) is 18.8. The molecule has 2 aromatic carbocycles. The molecule has 1 N–H and O–H groups in total. The topological polar surface area (TPSA) is 62.2 Å². The molecular formula is C24H26BrClN2O4. The number of methoxy groups -OCH3 is 1. The number of halogens is 2. The zero-order valence-electron chi connectivity index (χ0n) is 18.3. The smallest absolute Gasteiger partial charge is 0.275 e. The number of rotatable bonds is 6. The third-order valence-corrected chi connectivity index (χ3v) is 6.78. The first-order chi connectivity index (χ1) is 15.2. The summed E-state index contributed by atoms with van der Waals surface area (Å²) < 4.78 is 12.1. The van der Waals surface area contributed by atoms with Gasteiger partial charge in [0.15, 0.2) is 11.5 Å². The third kappa shape index (κ3) is 4.60. The molecule has 4 rings (SSSR count). The molecule has 1 saturated heterocycles. The van der Waals surface area contributed by atoms with Crippen LogP contribution in [-0.2, 0) is 4.79 Å². The molecule has 2 aliphatic heterocycles. The van der Waals surface area contributed by atoms with Gasteiger partial charge in [0.1, 0.15) is 12.3 Å². The molecule has 0 radical (unpaired) electrons. The Morgan fingerprint density at radius 1 is 1.16 bits per heavy atom. The van der Waals surface area contributed by atoms with Crippen LogP contribution in [-0.4, -0.2) is 54.9 Å². The number of aliphatic hydroxyl groups is 1. The van der Waals surface area contributed by atoms with Gasteiger partial charge in [0.05, 0.1) is 12.7 Å². The maximum absolute atomic E-state index is 13.5. The van der Waals surface area contributed by atoms with E-state index in [4.69, 9.17) is 21.1 Å². The van der Waals surface area contributed by atoms with E-state index in [9.17, 15) is 9.90 Å². The van der Waals surface area contributed by atoms with Crippen molar-refractivity contribution in [2.24, 2.45) is 0 Å². The summed E-state index contributed by atoms with van der Waals surface area (Å²) in [5.74, 6) is 1.08. The molecule has 2 heterocycles. The molecule has 1 unspecified atom stereocenters. The Morgan fingerprint density at radius 2 is 1.88 bits per heavy atom. The van der Waals surface area contributed by atoms with Crippen molar-refractivity contribution in [2.45, 2.75) is 25.4 Å². The lowest BCUT2D eigenvalue weighted by Gasteiger charge is -2.35. The molecule has 0 bridgehead atoms. The van der Waals surface area contributed by atoms with Crippen LogP contribution in [0.15, 0.2) is 52.6 Å². The lowest BCUT2D eigenvalue weighted by molar-refractivity contribution is -0.117. The fourth-order valence-electron chi connectivity index (χ4n) is 3.99. The zero-order chi connectivity index (χ0) is 23.0. The SMILES string of the molecule is COc1cc(N2CCN3CC(c4ccc(Cl)cc4)C(Br)=C3C2=O)ccc1OCC(C)(C)O. The van der Waals surface area contributed by atoms with Crippen LogP contribution in [0.4, 0.5) is 5.69 Å². The number of nitrogens with zero attached hydrogens (tertiary/aromatic N) is 2. The molecule has 0 spiro atoms. The highest BCUT2D eigenvalue weighted by molar-refractivity contribution is 9.11. The van der Waals surface area contributed by atoms with E-state index in [0.717, 1.165) is 28.8 Å². The van der Waals surface area contributed by atoms with Crippen molar-refractivity contribution < 1.29 is 19.4 Å². The van der Waals surface area contributed by atoms with Crippen LogP contribution in [0.1, 0.15) is 25.3 Å². The van der Waals surface area contributed by atoms with Gasteiger partial charge in [-0.2, -0.15) is 0 Å². The second kappa shape index (κ2) is 8.96. The molecule has 1 atom stereocenters. The molecule has 0 aliphatic carbocycles. The quantitative estimate of drug-likeness (QED) is 0.604. The van der Waals surface area contributed by atoms with Crippen LogP contribution in [0.2, 0.25) is 5.02 Å². The van der Waals surface area contributed by atoms with Gasteiger partial charge >= 0.3 is 0 Å². The van der Waals surface area contributed by atoms with Crippen molar-refractivity contribution in [3.05, 3.63) is 63.2 Å². The number of fused-ring (bicyclic) bond motifs is 1. The summed E-state index contributed by atoms with van der Waals surface area (Å²) >= 11 is 9.75. The van der Waals surface area contributed by atoms with E-state index < -0.39 is 5.60 Å². The number of ether oxygens (including phenoxy) is 2. The predicted octanol–water partition coefficient (Wildman–Crippen LogP) is 4.55. The van der Waals surface area contributed by atoms with Crippen molar-refractivity contribution in [3.63, 3.8) is 0 Å². The molecule has 8 heteroatoms. The fourth-order valence-corrected chi connectivity index (χ4v) is 4.94. The summed E-state index contributed by atoms with van der Waals surface area (Å²) in [6.07, 6.45) is 0. The second-order valence-electron chi connectivity index (χ2n) is 8.64. The molecule has 6 nitrogen and oxygen atoms in total. The summed E-state index contributed by atoms with van der Waals surface area (Å²) in [6.45, 7) is 5.55. The van der Waals surface area contributed by atoms with E-state index in [0.29, 0.717) is 28.8 Å². The summed E-state index contributed by atoms with van der Waals surface area (Å²) in [6, 6.07) is 13.2. The van der Waals surface area contributed by atoms with Gasteiger partial charge in [-0.3, -0.25) is 4.79 Å². The van der Waals surface area contributed by atoms with Crippen LogP contribution in [0.5, 0.6) is 11.5 Å². The number of hydrogen-bond donors (Lipinski definition) is 1. The Bertz CT molecular complexity index is 1050. The minimum Gasteiger partial charge on any atom is -0.493 e. The molecule has 0 aromatic heterocycles. The summed E-state index contributed by atoms with van der Waals surface area (Å²) in [7, 11) is 1.56. The molecule has 2 aromatic rings. The van der Waals surface area contributed by atoms with Gasteiger partial charge in [-0.1, -0.05) is 39.7 Å². The van der Waals surface area contributed by atoms with Crippen molar-refractivity contribution in [1.29, 1.82) is 0 Å². The number of carbonyl (C=O) groups is 1. The lowest BCUT2D eigenvalue weighted by atomic mass is 10.0. The van der Waals surface area contributed by atoms with Gasteiger partial charge in [-0.05, 0) is 43.7 Å². The van der Waals surface area contributed by atoms with Crippen molar-refractivity contribution in [2.75, 3.05) is 38.3 Å². The largest absolute Gasteiger partial charge is 0.493 e. The van der Waals surface area contributed by atoms with E-state index in [2.05, 4.69) is 20.8 Å². The number of carbonyl (C=O) groups excluding carboxylic acids is 1. The third-order valence-electron chi connectivity index (χ3n) is 5.60. The Hall–Kier alpha value is -2.22. The minimum absolute atomic E-state index is 0.0493. The summed E-state index contributed by atoms with van der Waals surface area (Å²) in [5, 5.41) is 10.6. The Balaban J connectivity index is 1.59. The highest BCUT2D eigenvalue weighted by Gasteiger charge is 2.40. The van der Waals surface area contributed by atoms with Crippen LogP contribution >= 0.6 is 27.5 Å². The number of amides is 1. The number of anilines is 1. The number of hydrogen-bond acceptors (Lipinski definition) is 5. The first-order valence-corrected chi connectivity index (χ1v) is 11.6. The van der Waals surface area contributed by atoms with Crippen molar-refractivity contribution >= 4 is 39.1 Å². The van der Waals surface area contributed by atoms with Gasteiger partial charge in [0.2, 0.25) is 0 Å². The van der Waals surface area contributed by atoms with E-state index in [1.54, 1.807) is 38.0 Å². The zero-order valence-corrected chi connectivity index (χ0v) is 20.6. The Kier molecular flexibility index (Phi) is 6.43. The monoisotopic (exact) mass is 520 g/mol. The lowest BCUT2D eigenvalue weighted by Crippen LogP contribution is -2.47. The van der Waals surface area contributed by atoms with Crippen molar-refractivity contribution in [1.82, 2.24) is 4.90 Å². The van der Waals surface area contributed by atoms with E-state index in [1.165, 1.54) is 0 Å². The van der Waals surface area contributed by atoms with E-state index >= 15 is 0 Å². The van der Waals surface area contributed by atoms with Gasteiger partial charge in [0.25, 0.3) is 5.91 Å². The van der Waals surface area contributed by atoms with Crippen LogP contribution in [0.3, 0.4) is 0 Å². The summed E-state index contributed by atoms with van der Waals surface area (Å²) in [5.41, 5.74) is 1.59. The molecule has 32 heavy (non-hydrogen) atoms. The second-order valence-corrected chi connectivity index (χ2v) is 9.93. The standard InChI is InChI=1S/C24H26BrClN2O4/c1-24(2,30)14-32-19-9-8-17(12-20(19)31-3)28-11-10-27-13-18(21(25)22(27)23(28)29)15-4-6-16(26)7-5-15/h4-9,12,18,30H,10-11,13-14H2,1-3H3. The predicted molar refractivity (Wildman–Crippen MR) is 129 cm³/mol. The van der Waals surface area contributed by atoms with Gasteiger partial charge in [-0.25, -0.2) is 0 Å². The van der Waals surface area contributed by atoms with E-state index in [1.807, 2.05) is 30.3 Å². The fraction of sp³-hybridized carbons (Fsp3) is 0.375. The first kappa shape index (κ1) is 23.0. The molecule has 0 saturated carbocycles. The van der Waals surface area contributed by atoms with E-state index in [-0.39, 0.29) is 18.4 Å². The van der Waals surface area contributed by atoms with Crippen LogP contribution in [0.25, 0.3) is 0 Å². The average Bonchev–Trinajstić information content (AvgIpc) is 3.09. The maximum Gasteiger partial charge on any atom is 0.275 e. The summed E-state index contributed by atoms with van der Waals surface area (Å²) in [4.78, 5) is 17.4. The first-order valence-electron chi connectivity index (χ1n) is 10.4. The van der Waals surface area contributed by atoms with Gasteiger partial charge in [0, 0.05) is 46.8 Å². The molecule has 2 aliphatic rings. The molecular weight excluding hydrogens is 496 g/mol. The van der Waals surface area contributed by atoms with Gasteiger partial charge in [-0.15, -0.1) is 0 Å². The maximum atomic E-state index is 13.5. The van der Waals surface area contributed by atoms with Crippen LogP contribution < -0.4 is 14.4 Å². The molecule has 1 amide bonds. The van der Waals surface area contributed by atoms with Crippen LogP contribution in [0, 0.1) is 0 Å². The number of benzene rings is 2.